The summed E-state index contributed by atoms with van der Waals surface area (Å²) in [6, 6.07) is 3.60. The molecule has 5 nitrogen and oxygen atoms in total. The van der Waals surface area contributed by atoms with Crippen molar-refractivity contribution in [3.63, 3.8) is 0 Å². The number of alkyl halides is 3. The van der Waals surface area contributed by atoms with Gasteiger partial charge in [0.15, 0.2) is 0 Å². The lowest BCUT2D eigenvalue weighted by atomic mass is 10.1. The molecule has 0 aliphatic carbocycles. The van der Waals surface area contributed by atoms with Crippen LogP contribution in [0.5, 0.6) is 5.75 Å². The maximum atomic E-state index is 11.9. The van der Waals surface area contributed by atoms with Crippen molar-refractivity contribution in [3.8, 4) is 5.75 Å². The predicted molar refractivity (Wildman–Crippen MR) is 57.5 cm³/mol. The Morgan fingerprint density at radius 2 is 1.95 bits per heavy atom. The van der Waals surface area contributed by atoms with Gasteiger partial charge < -0.3 is 15.2 Å². The van der Waals surface area contributed by atoms with Gasteiger partial charge in [-0.25, -0.2) is 4.79 Å². The lowest BCUT2D eigenvalue weighted by Crippen LogP contribution is -2.37. The summed E-state index contributed by atoms with van der Waals surface area (Å²) in [4.78, 5) is 21.0. The van der Waals surface area contributed by atoms with Crippen molar-refractivity contribution in [1.29, 1.82) is 0 Å². The van der Waals surface area contributed by atoms with E-state index in [1.807, 2.05) is 0 Å². The van der Waals surface area contributed by atoms with Crippen molar-refractivity contribution in [3.05, 3.63) is 29.8 Å². The van der Waals surface area contributed by atoms with Crippen LogP contribution in [-0.4, -0.2) is 29.9 Å². The van der Waals surface area contributed by atoms with Gasteiger partial charge in [-0.2, -0.15) is 0 Å². The summed E-state index contributed by atoms with van der Waals surface area (Å²) >= 11 is 0. The van der Waals surface area contributed by atoms with E-state index in [0.717, 1.165) is 12.1 Å². The van der Waals surface area contributed by atoms with Gasteiger partial charge in [-0.05, 0) is 17.7 Å². The highest BCUT2D eigenvalue weighted by Crippen LogP contribution is 2.22. The first-order chi connectivity index (χ1) is 8.81. The van der Waals surface area contributed by atoms with E-state index >= 15 is 0 Å². The number of benzene rings is 1. The number of halogens is 3. The van der Waals surface area contributed by atoms with E-state index < -0.39 is 24.1 Å². The molecule has 1 amide bonds. The van der Waals surface area contributed by atoms with Crippen LogP contribution >= 0.6 is 0 Å². The van der Waals surface area contributed by atoms with Gasteiger partial charge in [0.2, 0.25) is 6.41 Å². The summed E-state index contributed by atoms with van der Waals surface area (Å²) in [6.45, 7) is 0. The summed E-state index contributed by atoms with van der Waals surface area (Å²) in [5.41, 5.74) is 0.455. The zero-order valence-electron chi connectivity index (χ0n) is 9.48. The van der Waals surface area contributed by atoms with Crippen molar-refractivity contribution in [2.45, 2.75) is 18.8 Å². The molecule has 1 aromatic rings. The van der Waals surface area contributed by atoms with Crippen LogP contribution in [0.1, 0.15) is 5.56 Å². The largest absolute Gasteiger partial charge is 0.573 e. The van der Waals surface area contributed by atoms with E-state index in [2.05, 4.69) is 10.1 Å². The fourth-order valence-electron chi connectivity index (χ4n) is 1.36. The lowest BCUT2D eigenvalue weighted by Gasteiger charge is -2.12. The van der Waals surface area contributed by atoms with E-state index in [9.17, 15) is 22.8 Å². The second-order valence-electron chi connectivity index (χ2n) is 3.57. The van der Waals surface area contributed by atoms with Crippen LogP contribution in [-0.2, 0) is 16.0 Å². The minimum atomic E-state index is -4.77. The van der Waals surface area contributed by atoms with Gasteiger partial charge in [0.25, 0.3) is 0 Å². The Balaban J connectivity index is 2.70. The average Bonchev–Trinajstić information content (AvgIpc) is 2.29. The highest BCUT2D eigenvalue weighted by Gasteiger charge is 2.31. The summed E-state index contributed by atoms with van der Waals surface area (Å²) < 4.78 is 39.4. The van der Waals surface area contributed by atoms with Crippen molar-refractivity contribution >= 4 is 12.4 Å². The molecule has 0 heterocycles. The number of amides is 1. The van der Waals surface area contributed by atoms with Crippen LogP contribution in [0.3, 0.4) is 0 Å². The van der Waals surface area contributed by atoms with Gasteiger partial charge in [0.1, 0.15) is 11.8 Å². The molecule has 0 saturated carbocycles. The van der Waals surface area contributed by atoms with E-state index in [0.29, 0.717) is 5.56 Å². The van der Waals surface area contributed by atoms with Crippen molar-refractivity contribution in [2.75, 3.05) is 0 Å². The molecule has 2 N–H and O–H groups in total. The van der Waals surface area contributed by atoms with Gasteiger partial charge in [-0.1, -0.05) is 12.1 Å². The standard InChI is InChI=1S/C11H10F3NO4/c12-11(13,14)19-8-3-1-7(2-4-8)5-9(10(17)18)15-6-16/h1-4,6,9H,5H2,(H,15,16)(H,17,18). The third-order valence-electron chi connectivity index (χ3n) is 2.16. The van der Waals surface area contributed by atoms with Crippen molar-refractivity contribution in [1.82, 2.24) is 5.32 Å². The van der Waals surface area contributed by atoms with E-state index in [4.69, 9.17) is 5.11 Å². The Morgan fingerprint density at radius 3 is 2.37 bits per heavy atom. The second-order valence-corrected chi connectivity index (χ2v) is 3.57. The number of ether oxygens (including phenoxy) is 1. The van der Waals surface area contributed by atoms with E-state index in [1.54, 1.807) is 0 Å². The maximum absolute atomic E-state index is 11.9. The molecule has 0 bridgehead atoms. The minimum absolute atomic E-state index is 0.0413. The van der Waals surface area contributed by atoms with Gasteiger partial charge in [-0.3, -0.25) is 4.79 Å². The number of carboxylic acids is 1. The van der Waals surface area contributed by atoms with Gasteiger partial charge in [-0.15, -0.1) is 13.2 Å². The molecule has 1 aromatic carbocycles. The van der Waals surface area contributed by atoms with Crippen LogP contribution in [0.2, 0.25) is 0 Å². The summed E-state index contributed by atoms with van der Waals surface area (Å²) in [7, 11) is 0. The van der Waals surface area contributed by atoms with Crippen LogP contribution in [0.4, 0.5) is 13.2 Å². The molecular weight excluding hydrogens is 267 g/mol. The van der Waals surface area contributed by atoms with Gasteiger partial charge >= 0.3 is 12.3 Å². The van der Waals surface area contributed by atoms with E-state index in [1.165, 1.54) is 12.1 Å². The summed E-state index contributed by atoms with van der Waals surface area (Å²) in [5, 5.41) is 10.9. The number of carbonyl (C=O) groups excluding carboxylic acids is 1. The Kier molecular flexibility index (Phi) is 4.74. The molecule has 0 aliphatic rings. The first-order valence-electron chi connectivity index (χ1n) is 5.09. The first kappa shape index (κ1) is 14.8. The van der Waals surface area contributed by atoms with Crippen molar-refractivity contribution < 1.29 is 32.6 Å². The number of carbonyl (C=O) groups is 2. The molecule has 0 fully saturated rings. The third kappa shape index (κ3) is 5.28. The highest BCUT2D eigenvalue weighted by atomic mass is 19.4. The van der Waals surface area contributed by atoms with Gasteiger partial charge in [0.05, 0.1) is 0 Å². The number of aliphatic carboxylic acids is 1. The zero-order valence-corrected chi connectivity index (χ0v) is 9.48. The third-order valence-corrected chi connectivity index (χ3v) is 2.16. The number of carboxylic acid groups (broad SMARTS) is 1. The molecule has 0 spiro atoms. The fourth-order valence-corrected chi connectivity index (χ4v) is 1.36. The smallest absolute Gasteiger partial charge is 0.480 e. The summed E-state index contributed by atoms with van der Waals surface area (Å²) in [6.07, 6.45) is -4.56. The van der Waals surface area contributed by atoms with Crippen LogP contribution in [0, 0.1) is 0 Å². The lowest BCUT2D eigenvalue weighted by molar-refractivity contribution is -0.274. The SMILES string of the molecule is O=CNC(Cc1ccc(OC(F)(F)F)cc1)C(=O)O. The molecule has 19 heavy (non-hydrogen) atoms. The molecule has 0 aromatic heterocycles. The normalized spacial score (nSPS) is 12.6. The van der Waals surface area contributed by atoms with E-state index in [-0.39, 0.29) is 12.8 Å². The van der Waals surface area contributed by atoms with Crippen LogP contribution in [0.15, 0.2) is 24.3 Å². The molecule has 0 saturated heterocycles. The van der Waals surface area contributed by atoms with Crippen LogP contribution < -0.4 is 10.1 Å². The number of hydrogen-bond acceptors (Lipinski definition) is 3. The molecule has 104 valence electrons. The molecule has 1 rings (SSSR count). The zero-order chi connectivity index (χ0) is 14.5. The fraction of sp³-hybridized carbons (Fsp3) is 0.273. The molecule has 0 aliphatic heterocycles. The predicted octanol–water partition coefficient (Wildman–Crippen LogP) is 1.33. The number of rotatable bonds is 6. The molecule has 1 unspecified atom stereocenters. The van der Waals surface area contributed by atoms with Crippen molar-refractivity contribution in [2.24, 2.45) is 0 Å². The molecular formula is C11H10F3NO4. The van der Waals surface area contributed by atoms with Gasteiger partial charge in [0, 0.05) is 6.42 Å². The second kappa shape index (κ2) is 6.07. The topological polar surface area (TPSA) is 75.6 Å². The van der Waals surface area contributed by atoms with Crippen LogP contribution in [0.25, 0.3) is 0 Å². The maximum Gasteiger partial charge on any atom is 0.573 e. The highest BCUT2D eigenvalue weighted by molar-refractivity contribution is 5.76. The molecule has 1 atom stereocenters. The number of hydrogen-bond donors (Lipinski definition) is 2. The Hall–Kier alpha value is -2.25. The minimum Gasteiger partial charge on any atom is -0.480 e. The average molecular weight is 277 g/mol. The quantitative estimate of drug-likeness (QED) is 0.769. The Morgan fingerprint density at radius 1 is 1.37 bits per heavy atom. The molecule has 0 radical (unpaired) electrons. The first-order valence-corrected chi connectivity index (χ1v) is 5.09. The Labute approximate surface area is 106 Å². The molecule has 8 heteroatoms. The number of nitrogens with one attached hydrogen (secondary N) is 1. The summed E-state index contributed by atoms with van der Waals surface area (Å²) in [5.74, 6) is -1.63. The monoisotopic (exact) mass is 277 g/mol. The Bertz CT molecular complexity index is 444.